The molecule has 1 atom stereocenters. The summed E-state index contributed by atoms with van der Waals surface area (Å²) in [7, 11) is 0. The van der Waals surface area contributed by atoms with Gasteiger partial charge in [-0.1, -0.05) is 19.3 Å². The van der Waals surface area contributed by atoms with Crippen molar-refractivity contribution < 1.29 is 0 Å². The summed E-state index contributed by atoms with van der Waals surface area (Å²) in [5.74, 6) is 1.16. The van der Waals surface area contributed by atoms with E-state index >= 15 is 0 Å². The summed E-state index contributed by atoms with van der Waals surface area (Å²) < 4.78 is 2.42. The lowest BCUT2D eigenvalue weighted by atomic mass is 9.95. The molecule has 4 nitrogen and oxygen atoms in total. The lowest BCUT2D eigenvalue weighted by Gasteiger charge is -2.27. The first-order chi connectivity index (χ1) is 8.74. The Kier molecular flexibility index (Phi) is 3.29. The van der Waals surface area contributed by atoms with Crippen LogP contribution in [-0.4, -0.2) is 28.7 Å². The number of anilines is 1. The second-order valence-electron chi connectivity index (χ2n) is 5.88. The van der Waals surface area contributed by atoms with Crippen LogP contribution in [0.15, 0.2) is 6.20 Å². The van der Waals surface area contributed by atoms with Crippen molar-refractivity contribution in [3.63, 3.8) is 0 Å². The Morgan fingerprint density at radius 2 is 2.00 bits per heavy atom. The van der Waals surface area contributed by atoms with Crippen molar-refractivity contribution in [3.8, 4) is 0 Å². The third kappa shape index (κ3) is 2.26. The van der Waals surface area contributed by atoms with E-state index < -0.39 is 0 Å². The number of rotatable bonds is 2. The van der Waals surface area contributed by atoms with Gasteiger partial charge in [-0.25, -0.2) is 4.98 Å². The second kappa shape index (κ2) is 4.92. The number of aryl methyl sites for hydroxylation is 1. The molecule has 18 heavy (non-hydrogen) atoms. The van der Waals surface area contributed by atoms with Crippen molar-refractivity contribution >= 4 is 5.95 Å². The van der Waals surface area contributed by atoms with Crippen LogP contribution in [0.2, 0.25) is 0 Å². The number of hydrogen-bond donors (Lipinski definition) is 1. The Morgan fingerprint density at radius 3 is 2.67 bits per heavy atom. The van der Waals surface area contributed by atoms with Crippen LogP contribution < -0.4 is 10.6 Å². The topological polar surface area (TPSA) is 47.1 Å². The van der Waals surface area contributed by atoms with Crippen LogP contribution in [0.3, 0.4) is 0 Å². The van der Waals surface area contributed by atoms with Crippen LogP contribution in [-0.2, 0) is 0 Å². The molecule has 1 aromatic heterocycles. The number of aromatic nitrogens is 2. The summed E-state index contributed by atoms with van der Waals surface area (Å²) in [4.78, 5) is 7.10. The van der Waals surface area contributed by atoms with Crippen LogP contribution in [0.25, 0.3) is 0 Å². The predicted octanol–water partition coefficient (Wildman–Crippen LogP) is 2.23. The molecule has 2 N–H and O–H groups in total. The predicted molar refractivity (Wildman–Crippen MR) is 73.9 cm³/mol. The van der Waals surface area contributed by atoms with Crippen LogP contribution in [0, 0.1) is 6.92 Å². The zero-order valence-corrected chi connectivity index (χ0v) is 11.3. The molecule has 0 aromatic carbocycles. The Morgan fingerprint density at radius 1 is 1.22 bits per heavy atom. The zero-order valence-electron chi connectivity index (χ0n) is 11.3. The molecule has 0 spiro atoms. The van der Waals surface area contributed by atoms with E-state index in [9.17, 15) is 0 Å². The zero-order chi connectivity index (χ0) is 12.5. The second-order valence-corrected chi connectivity index (χ2v) is 5.88. The Labute approximate surface area is 109 Å². The van der Waals surface area contributed by atoms with Gasteiger partial charge in [-0.3, -0.25) is 0 Å². The summed E-state index contributed by atoms with van der Waals surface area (Å²) >= 11 is 0. The van der Waals surface area contributed by atoms with Gasteiger partial charge in [0.05, 0.1) is 5.69 Å². The van der Waals surface area contributed by atoms with Crippen molar-refractivity contribution in [2.24, 2.45) is 5.73 Å². The van der Waals surface area contributed by atoms with Gasteiger partial charge in [-0.2, -0.15) is 0 Å². The quantitative estimate of drug-likeness (QED) is 0.873. The SMILES string of the molecule is Cc1cn(C2CCCCC2)c(N2CCC(N)C2)n1. The normalized spacial score (nSPS) is 25.9. The number of nitrogens with two attached hydrogens (primary N) is 1. The van der Waals surface area contributed by atoms with Gasteiger partial charge in [0, 0.05) is 31.4 Å². The van der Waals surface area contributed by atoms with Gasteiger partial charge in [0.2, 0.25) is 5.95 Å². The van der Waals surface area contributed by atoms with Crippen LogP contribution >= 0.6 is 0 Å². The standard InChI is InChI=1S/C14H24N4/c1-11-9-18(13-5-3-2-4-6-13)14(16-11)17-8-7-12(15)10-17/h9,12-13H,2-8,10,15H2,1H3. The van der Waals surface area contributed by atoms with E-state index in [4.69, 9.17) is 10.7 Å². The highest BCUT2D eigenvalue weighted by atomic mass is 15.3. The highest BCUT2D eigenvalue weighted by molar-refractivity contribution is 5.36. The molecule has 1 aliphatic heterocycles. The first-order valence-corrected chi connectivity index (χ1v) is 7.30. The Hall–Kier alpha value is -1.03. The first kappa shape index (κ1) is 12.0. The van der Waals surface area contributed by atoms with Crippen molar-refractivity contribution in [2.75, 3.05) is 18.0 Å². The molecule has 0 bridgehead atoms. The Bertz CT molecular complexity index is 384. The maximum Gasteiger partial charge on any atom is 0.206 e. The summed E-state index contributed by atoms with van der Waals surface area (Å²) in [6.07, 6.45) is 10.1. The molecule has 1 saturated heterocycles. The number of nitrogens with zero attached hydrogens (tertiary/aromatic N) is 3. The molecule has 3 rings (SSSR count). The highest BCUT2D eigenvalue weighted by Gasteiger charge is 2.26. The van der Waals surface area contributed by atoms with Gasteiger partial charge in [-0.15, -0.1) is 0 Å². The highest BCUT2D eigenvalue weighted by Crippen LogP contribution is 2.32. The molecular weight excluding hydrogens is 224 g/mol. The lowest BCUT2D eigenvalue weighted by molar-refractivity contribution is 0.353. The largest absolute Gasteiger partial charge is 0.341 e. The molecule has 1 unspecified atom stereocenters. The maximum absolute atomic E-state index is 6.02. The van der Waals surface area contributed by atoms with E-state index in [1.807, 2.05) is 0 Å². The van der Waals surface area contributed by atoms with E-state index in [-0.39, 0.29) is 0 Å². The number of hydrogen-bond acceptors (Lipinski definition) is 3. The van der Waals surface area contributed by atoms with Gasteiger partial charge in [-0.05, 0) is 26.2 Å². The van der Waals surface area contributed by atoms with Crippen LogP contribution in [0.1, 0.15) is 50.3 Å². The van der Waals surface area contributed by atoms with E-state index in [0.29, 0.717) is 12.1 Å². The third-order valence-electron chi connectivity index (χ3n) is 4.31. The average Bonchev–Trinajstić information content (AvgIpc) is 2.96. The van der Waals surface area contributed by atoms with Gasteiger partial charge in [0.1, 0.15) is 0 Å². The average molecular weight is 248 g/mol. The van der Waals surface area contributed by atoms with E-state index in [1.54, 1.807) is 0 Å². The first-order valence-electron chi connectivity index (χ1n) is 7.30. The fourth-order valence-corrected chi connectivity index (χ4v) is 3.33. The lowest BCUT2D eigenvalue weighted by Crippen LogP contribution is -2.29. The summed E-state index contributed by atoms with van der Waals surface area (Å²) in [5, 5.41) is 0. The Balaban J connectivity index is 1.84. The van der Waals surface area contributed by atoms with Gasteiger partial charge < -0.3 is 15.2 Å². The molecular formula is C14H24N4. The molecule has 4 heteroatoms. The molecule has 1 aromatic rings. The van der Waals surface area contributed by atoms with Crippen LogP contribution in [0.5, 0.6) is 0 Å². The summed E-state index contributed by atoms with van der Waals surface area (Å²) in [6, 6.07) is 0.980. The van der Waals surface area contributed by atoms with Gasteiger partial charge >= 0.3 is 0 Å². The van der Waals surface area contributed by atoms with E-state index in [2.05, 4.69) is 22.6 Å². The third-order valence-corrected chi connectivity index (χ3v) is 4.31. The van der Waals surface area contributed by atoms with Gasteiger partial charge in [0.15, 0.2) is 0 Å². The summed E-state index contributed by atoms with van der Waals surface area (Å²) in [6.45, 7) is 4.12. The van der Waals surface area contributed by atoms with Crippen molar-refractivity contribution in [1.82, 2.24) is 9.55 Å². The van der Waals surface area contributed by atoms with Crippen molar-refractivity contribution in [1.29, 1.82) is 0 Å². The number of imidazole rings is 1. The summed E-state index contributed by atoms with van der Waals surface area (Å²) in [5.41, 5.74) is 7.15. The fraction of sp³-hybridized carbons (Fsp3) is 0.786. The molecule has 2 heterocycles. The minimum absolute atomic E-state index is 0.321. The van der Waals surface area contributed by atoms with Gasteiger partial charge in [0.25, 0.3) is 0 Å². The monoisotopic (exact) mass is 248 g/mol. The fourth-order valence-electron chi connectivity index (χ4n) is 3.33. The molecule has 2 aliphatic rings. The van der Waals surface area contributed by atoms with Crippen LogP contribution in [0.4, 0.5) is 5.95 Å². The molecule has 1 aliphatic carbocycles. The molecule has 100 valence electrons. The molecule has 0 radical (unpaired) electrons. The minimum Gasteiger partial charge on any atom is -0.341 e. The van der Waals surface area contributed by atoms with Crippen molar-refractivity contribution in [3.05, 3.63) is 11.9 Å². The minimum atomic E-state index is 0.321. The van der Waals surface area contributed by atoms with E-state index in [1.165, 1.54) is 32.1 Å². The van der Waals surface area contributed by atoms with E-state index in [0.717, 1.165) is 31.2 Å². The molecule has 2 fully saturated rings. The molecule has 1 saturated carbocycles. The smallest absolute Gasteiger partial charge is 0.206 e. The van der Waals surface area contributed by atoms with Crippen molar-refractivity contribution in [2.45, 2.75) is 57.5 Å². The maximum atomic E-state index is 6.02. The molecule has 0 amide bonds.